The average Bonchev–Trinajstić information content (AvgIpc) is 2.71. The molecular weight excluding hydrogens is 218 g/mol. The number of aromatic nitrogens is 2. The predicted molar refractivity (Wildman–Crippen MR) is 68.6 cm³/mol. The Kier molecular flexibility index (Phi) is 4.25. The normalized spacial score (nSPS) is 11.1. The predicted octanol–water partition coefficient (Wildman–Crippen LogP) is 2.75. The van der Waals surface area contributed by atoms with E-state index in [2.05, 4.69) is 9.97 Å². The van der Waals surface area contributed by atoms with Crippen molar-refractivity contribution in [2.24, 2.45) is 5.73 Å². The maximum Gasteiger partial charge on any atom is 0.0998 e. The van der Waals surface area contributed by atoms with Crippen LogP contribution in [0.4, 0.5) is 0 Å². The number of unbranched alkanes of at least 4 members (excludes halogenated alkanes) is 3. The lowest BCUT2D eigenvalue weighted by molar-refractivity contribution is 0.646. The first kappa shape index (κ1) is 11.5. The molecule has 0 bridgehead atoms. The highest BCUT2D eigenvalue weighted by Gasteiger charge is 2.02. The van der Waals surface area contributed by atoms with Crippen LogP contribution in [0, 0.1) is 0 Å². The number of rotatable bonds is 6. The summed E-state index contributed by atoms with van der Waals surface area (Å²) in [5.74, 6) is 0. The van der Waals surface area contributed by atoms with Gasteiger partial charge in [-0.1, -0.05) is 12.8 Å². The van der Waals surface area contributed by atoms with E-state index in [0.29, 0.717) is 0 Å². The third kappa shape index (κ3) is 3.00. The molecule has 86 valence electrons. The summed E-state index contributed by atoms with van der Waals surface area (Å²) >= 11 is 1.79. The van der Waals surface area contributed by atoms with Crippen molar-refractivity contribution in [3.05, 3.63) is 23.5 Å². The molecule has 0 spiro atoms. The van der Waals surface area contributed by atoms with Crippen LogP contribution in [-0.2, 0) is 6.42 Å². The van der Waals surface area contributed by atoms with Crippen molar-refractivity contribution in [2.75, 3.05) is 6.54 Å². The van der Waals surface area contributed by atoms with Gasteiger partial charge in [0.1, 0.15) is 0 Å². The van der Waals surface area contributed by atoms with Crippen LogP contribution < -0.4 is 5.73 Å². The molecule has 0 saturated carbocycles. The first-order chi connectivity index (χ1) is 7.90. The summed E-state index contributed by atoms with van der Waals surface area (Å²) in [7, 11) is 0. The summed E-state index contributed by atoms with van der Waals surface area (Å²) in [5, 5.41) is 1.23. The van der Waals surface area contributed by atoms with E-state index in [1.807, 2.05) is 18.5 Å². The van der Waals surface area contributed by atoms with Crippen LogP contribution in [0.5, 0.6) is 0 Å². The monoisotopic (exact) mass is 235 g/mol. The van der Waals surface area contributed by atoms with Crippen molar-refractivity contribution in [3.63, 3.8) is 0 Å². The average molecular weight is 235 g/mol. The van der Waals surface area contributed by atoms with Crippen molar-refractivity contribution in [1.29, 1.82) is 0 Å². The van der Waals surface area contributed by atoms with Crippen molar-refractivity contribution in [1.82, 2.24) is 9.97 Å². The topological polar surface area (TPSA) is 51.8 Å². The standard InChI is InChI=1S/C12H17N3S/c13-7-4-2-1-3-5-12-15-10-9-14-8-6-11(10)16-12/h6,8-9H,1-5,7,13H2. The zero-order valence-corrected chi connectivity index (χ0v) is 10.2. The van der Waals surface area contributed by atoms with Gasteiger partial charge in [0.05, 0.1) is 21.4 Å². The smallest absolute Gasteiger partial charge is 0.0998 e. The number of hydrogen-bond acceptors (Lipinski definition) is 4. The lowest BCUT2D eigenvalue weighted by Crippen LogP contribution is -1.97. The second-order valence-electron chi connectivity index (χ2n) is 3.90. The van der Waals surface area contributed by atoms with Gasteiger partial charge < -0.3 is 5.73 Å². The maximum atomic E-state index is 5.46. The van der Waals surface area contributed by atoms with Gasteiger partial charge in [-0.05, 0) is 31.9 Å². The minimum atomic E-state index is 0.812. The summed E-state index contributed by atoms with van der Waals surface area (Å²) in [6.45, 7) is 0.812. The van der Waals surface area contributed by atoms with E-state index in [1.54, 1.807) is 11.3 Å². The Morgan fingerprint density at radius 2 is 2.06 bits per heavy atom. The Hall–Kier alpha value is -1.00. The van der Waals surface area contributed by atoms with Gasteiger partial charge in [0, 0.05) is 6.20 Å². The van der Waals surface area contributed by atoms with Gasteiger partial charge in [-0.25, -0.2) is 4.98 Å². The molecule has 0 aliphatic carbocycles. The summed E-state index contributed by atoms with van der Waals surface area (Å²) in [6, 6.07) is 2.03. The Bertz CT molecular complexity index is 406. The first-order valence-corrected chi connectivity index (χ1v) is 6.61. The fraction of sp³-hybridized carbons (Fsp3) is 0.500. The number of aryl methyl sites for hydroxylation is 1. The Morgan fingerprint density at radius 1 is 1.19 bits per heavy atom. The minimum Gasteiger partial charge on any atom is -0.330 e. The molecule has 0 aliphatic heterocycles. The number of nitrogens with two attached hydrogens (primary N) is 1. The number of thiazole rings is 1. The molecule has 3 nitrogen and oxygen atoms in total. The molecule has 0 atom stereocenters. The first-order valence-electron chi connectivity index (χ1n) is 5.79. The SMILES string of the molecule is NCCCCCCc1nc2cnccc2s1. The van der Waals surface area contributed by atoms with E-state index in [4.69, 9.17) is 5.73 Å². The second-order valence-corrected chi connectivity index (χ2v) is 5.02. The van der Waals surface area contributed by atoms with Crippen LogP contribution in [0.2, 0.25) is 0 Å². The van der Waals surface area contributed by atoms with Crippen LogP contribution in [0.3, 0.4) is 0 Å². The highest BCUT2D eigenvalue weighted by atomic mass is 32.1. The summed E-state index contributed by atoms with van der Waals surface area (Å²) in [5.41, 5.74) is 6.49. The highest BCUT2D eigenvalue weighted by Crippen LogP contribution is 2.22. The van der Waals surface area contributed by atoms with Crippen molar-refractivity contribution in [2.45, 2.75) is 32.1 Å². The highest BCUT2D eigenvalue weighted by molar-refractivity contribution is 7.18. The van der Waals surface area contributed by atoms with Crippen LogP contribution in [0.15, 0.2) is 18.5 Å². The van der Waals surface area contributed by atoms with Gasteiger partial charge in [-0.15, -0.1) is 11.3 Å². The summed E-state index contributed by atoms with van der Waals surface area (Å²) < 4.78 is 1.24. The van der Waals surface area contributed by atoms with Crippen LogP contribution in [-0.4, -0.2) is 16.5 Å². The molecule has 4 heteroatoms. The van der Waals surface area contributed by atoms with Crippen LogP contribution in [0.1, 0.15) is 30.7 Å². The largest absolute Gasteiger partial charge is 0.330 e. The van der Waals surface area contributed by atoms with Gasteiger partial charge in [0.25, 0.3) is 0 Å². The molecule has 2 N–H and O–H groups in total. The fourth-order valence-electron chi connectivity index (χ4n) is 1.71. The summed E-state index contributed by atoms with van der Waals surface area (Å²) in [6.07, 6.45) is 9.60. The fourth-order valence-corrected chi connectivity index (χ4v) is 2.68. The van der Waals surface area contributed by atoms with Gasteiger partial charge in [0.2, 0.25) is 0 Å². The van der Waals surface area contributed by atoms with E-state index in [-0.39, 0.29) is 0 Å². The maximum absolute atomic E-state index is 5.46. The van der Waals surface area contributed by atoms with Gasteiger partial charge in [0.15, 0.2) is 0 Å². The molecule has 16 heavy (non-hydrogen) atoms. The third-order valence-corrected chi connectivity index (χ3v) is 3.68. The number of pyridine rings is 1. The molecule has 0 aliphatic rings. The van der Waals surface area contributed by atoms with E-state index in [9.17, 15) is 0 Å². The number of fused-ring (bicyclic) bond motifs is 1. The van der Waals surface area contributed by atoms with Crippen LogP contribution in [0.25, 0.3) is 10.2 Å². The molecule has 2 heterocycles. The minimum absolute atomic E-state index is 0.812. The van der Waals surface area contributed by atoms with Crippen molar-refractivity contribution < 1.29 is 0 Å². The van der Waals surface area contributed by atoms with Gasteiger partial charge in [-0.3, -0.25) is 4.98 Å². The van der Waals surface area contributed by atoms with E-state index >= 15 is 0 Å². The van der Waals surface area contributed by atoms with E-state index < -0.39 is 0 Å². The zero-order chi connectivity index (χ0) is 11.2. The molecule has 2 rings (SSSR count). The summed E-state index contributed by atoms with van der Waals surface area (Å²) in [4.78, 5) is 8.64. The molecule has 0 aromatic carbocycles. The van der Waals surface area contributed by atoms with E-state index in [0.717, 1.165) is 24.9 Å². The molecule has 0 fully saturated rings. The van der Waals surface area contributed by atoms with Gasteiger partial charge >= 0.3 is 0 Å². The quantitative estimate of drug-likeness (QED) is 0.783. The van der Waals surface area contributed by atoms with Gasteiger partial charge in [-0.2, -0.15) is 0 Å². The number of nitrogens with zero attached hydrogens (tertiary/aromatic N) is 2. The third-order valence-electron chi connectivity index (χ3n) is 2.58. The lowest BCUT2D eigenvalue weighted by atomic mass is 10.1. The second kappa shape index (κ2) is 5.92. The lowest BCUT2D eigenvalue weighted by Gasteiger charge is -1.96. The van der Waals surface area contributed by atoms with E-state index in [1.165, 1.54) is 29.0 Å². The Labute approximate surface area is 99.7 Å². The molecule has 2 aromatic rings. The molecule has 0 radical (unpaired) electrons. The molecular formula is C12H17N3S. The number of hydrogen-bond donors (Lipinski definition) is 1. The molecule has 2 aromatic heterocycles. The van der Waals surface area contributed by atoms with Crippen molar-refractivity contribution >= 4 is 21.6 Å². The molecule has 0 unspecified atom stereocenters. The van der Waals surface area contributed by atoms with Crippen LogP contribution >= 0.6 is 11.3 Å². The molecule has 0 saturated heterocycles. The molecule has 0 amide bonds. The zero-order valence-electron chi connectivity index (χ0n) is 9.35. The Morgan fingerprint density at radius 3 is 2.88 bits per heavy atom. The Balaban J connectivity index is 1.85. The van der Waals surface area contributed by atoms with Crippen molar-refractivity contribution in [3.8, 4) is 0 Å².